The molecule has 2 aromatic carbocycles. The molecule has 0 N–H and O–H groups in total. The standard InChI is InChI=1S/C14H13.Cr/c1-12(13-8-4-2-5-9-13)14-10-6-3-7-11-14;/h2-11H,1H3;/q-1;. The van der Waals surface area contributed by atoms with Crippen LogP contribution in [-0.4, -0.2) is 0 Å². The van der Waals surface area contributed by atoms with Gasteiger partial charge in [-0.05, 0) is 0 Å². The van der Waals surface area contributed by atoms with Crippen molar-refractivity contribution in [2.75, 3.05) is 0 Å². The Balaban J connectivity index is 0.00000112. The van der Waals surface area contributed by atoms with Gasteiger partial charge in [0, 0.05) is 17.4 Å². The molecule has 0 unspecified atom stereocenters. The Morgan fingerprint density at radius 3 is 1.33 bits per heavy atom. The van der Waals surface area contributed by atoms with Gasteiger partial charge in [-0.3, -0.25) is 0 Å². The molecule has 0 spiro atoms. The fraction of sp³-hybridized carbons (Fsp3) is 0.0714. The molecule has 0 fully saturated rings. The molecule has 0 aliphatic heterocycles. The van der Waals surface area contributed by atoms with Gasteiger partial charge in [-0.15, -0.1) is 41.3 Å². The molecule has 0 aromatic heterocycles. The van der Waals surface area contributed by atoms with E-state index in [9.17, 15) is 0 Å². The van der Waals surface area contributed by atoms with Gasteiger partial charge in [0.25, 0.3) is 0 Å². The molecule has 0 bridgehead atoms. The number of rotatable bonds is 2. The van der Waals surface area contributed by atoms with Crippen LogP contribution < -0.4 is 0 Å². The maximum Gasteiger partial charge on any atom is 0 e. The van der Waals surface area contributed by atoms with Crippen LogP contribution in [-0.2, 0) is 17.4 Å². The Kier molecular flexibility index (Phi) is 4.49. The Morgan fingerprint density at radius 1 is 0.667 bits per heavy atom. The van der Waals surface area contributed by atoms with Gasteiger partial charge in [0.15, 0.2) is 0 Å². The number of hydrogen-bond donors (Lipinski definition) is 0. The number of hydrogen-bond acceptors (Lipinski definition) is 0. The van der Waals surface area contributed by atoms with Crippen LogP contribution in [0.5, 0.6) is 0 Å². The van der Waals surface area contributed by atoms with Crippen LogP contribution in [0.2, 0.25) is 0 Å². The van der Waals surface area contributed by atoms with E-state index in [2.05, 4.69) is 55.5 Å². The average molecular weight is 233 g/mol. The third-order valence-corrected chi connectivity index (χ3v) is 2.41. The van der Waals surface area contributed by atoms with Crippen LogP contribution in [0.25, 0.3) is 0 Å². The van der Waals surface area contributed by atoms with Gasteiger partial charge >= 0.3 is 0 Å². The molecule has 0 aliphatic rings. The summed E-state index contributed by atoms with van der Waals surface area (Å²) in [5.41, 5.74) is 2.58. The summed E-state index contributed by atoms with van der Waals surface area (Å²) in [7, 11) is 0. The molecule has 0 amide bonds. The molecule has 1 heteroatoms. The summed E-state index contributed by atoms with van der Waals surface area (Å²) in [5, 5.41) is 0. The summed E-state index contributed by atoms with van der Waals surface area (Å²) in [5.74, 6) is 1.33. The first-order chi connectivity index (χ1) is 6.88. The van der Waals surface area contributed by atoms with E-state index in [1.807, 2.05) is 12.1 Å². The molecule has 0 atom stereocenters. The van der Waals surface area contributed by atoms with Crippen molar-refractivity contribution < 1.29 is 17.4 Å². The van der Waals surface area contributed by atoms with Crippen LogP contribution in [0.3, 0.4) is 0 Å². The summed E-state index contributed by atoms with van der Waals surface area (Å²) in [6, 6.07) is 20.9. The molecule has 76 valence electrons. The van der Waals surface area contributed by atoms with Crippen molar-refractivity contribution >= 4 is 0 Å². The first-order valence-electron chi connectivity index (χ1n) is 4.82. The second-order valence-electron chi connectivity index (χ2n) is 3.36. The van der Waals surface area contributed by atoms with Gasteiger partial charge in [0.1, 0.15) is 0 Å². The van der Waals surface area contributed by atoms with Gasteiger partial charge in [-0.2, -0.15) is 0 Å². The van der Waals surface area contributed by atoms with Gasteiger partial charge in [0.2, 0.25) is 0 Å². The van der Waals surface area contributed by atoms with Gasteiger partial charge in [0.05, 0.1) is 0 Å². The van der Waals surface area contributed by atoms with E-state index in [-0.39, 0.29) is 17.4 Å². The third-order valence-electron chi connectivity index (χ3n) is 2.41. The SMILES string of the molecule is C[C-](c1ccccc1)c1ccccc1.[Cr]. The van der Waals surface area contributed by atoms with E-state index in [0.717, 1.165) is 0 Å². The molecule has 0 heterocycles. The Bertz CT molecular complexity index is 341. The van der Waals surface area contributed by atoms with E-state index in [1.54, 1.807) is 0 Å². The monoisotopic (exact) mass is 233 g/mol. The smallest absolute Gasteiger partial charge is 0 e. The summed E-state index contributed by atoms with van der Waals surface area (Å²) in [6.45, 7) is 2.16. The zero-order chi connectivity index (χ0) is 9.80. The first kappa shape index (κ1) is 11.9. The van der Waals surface area contributed by atoms with Crippen molar-refractivity contribution in [2.24, 2.45) is 0 Å². The van der Waals surface area contributed by atoms with Gasteiger partial charge in [-0.25, -0.2) is 0 Å². The fourth-order valence-corrected chi connectivity index (χ4v) is 1.54. The minimum Gasteiger partial charge on any atom is -0.121 e. The molecule has 0 saturated heterocycles. The second-order valence-corrected chi connectivity index (χ2v) is 3.36. The van der Waals surface area contributed by atoms with Crippen molar-refractivity contribution in [3.8, 4) is 0 Å². The molecule has 15 heavy (non-hydrogen) atoms. The predicted octanol–water partition coefficient (Wildman–Crippen LogP) is 3.67. The van der Waals surface area contributed by atoms with E-state index in [4.69, 9.17) is 0 Å². The molecule has 2 aromatic rings. The van der Waals surface area contributed by atoms with E-state index < -0.39 is 0 Å². The van der Waals surface area contributed by atoms with E-state index in [0.29, 0.717) is 0 Å². The Morgan fingerprint density at radius 2 is 1.00 bits per heavy atom. The summed E-state index contributed by atoms with van der Waals surface area (Å²) < 4.78 is 0. The summed E-state index contributed by atoms with van der Waals surface area (Å²) >= 11 is 0. The maximum absolute atomic E-state index is 2.16. The fourth-order valence-electron chi connectivity index (χ4n) is 1.54. The Labute approximate surface area is 102 Å². The third kappa shape index (κ3) is 2.89. The Hall–Kier alpha value is -1.16. The van der Waals surface area contributed by atoms with Crippen LogP contribution in [0, 0.1) is 5.92 Å². The molecule has 2 rings (SSSR count). The topological polar surface area (TPSA) is 0 Å². The number of benzene rings is 2. The van der Waals surface area contributed by atoms with Gasteiger partial charge < -0.3 is 0 Å². The summed E-state index contributed by atoms with van der Waals surface area (Å²) in [4.78, 5) is 0. The largest absolute Gasteiger partial charge is 0.121 e. The van der Waals surface area contributed by atoms with Crippen LogP contribution in [0.15, 0.2) is 60.7 Å². The molecule has 0 radical (unpaired) electrons. The molecule has 0 saturated carbocycles. The predicted molar refractivity (Wildman–Crippen MR) is 60.0 cm³/mol. The molecular formula is C14H13Cr-. The average Bonchev–Trinajstić information content (AvgIpc) is 2.30. The van der Waals surface area contributed by atoms with Crippen molar-refractivity contribution in [3.63, 3.8) is 0 Å². The summed E-state index contributed by atoms with van der Waals surface area (Å²) in [6.07, 6.45) is 0. The van der Waals surface area contributed by atoms with Crippen molar-refractivity contribution in [2.45, 2.75) is 6.92 Å². The molecular weight excluding hydrogens is 220 g/mol. The maximum atomic E-state index is 2.16. The quantitative estimate of drug-likeness (QED) is 0.694. The molecule has 0 nitrogen and oxygen atoms in total. The van der Waals surface area contributed by atoms with E-state index in [1.165, 1.54) is 17.0 Å². The minimum atomic E-state index is 0. The zero-order valence-corrected chi connectivity index (χ0v) is 9.96. The van der Waals surface area contributed by atoms with Crippen molar-refractivity contribution in [1.29, 1.82) is 0 Å². The molecule has 0 aliphatic carbocycles. The van der Waals surface area contributed by atoms with Crippen LogP contribution in [0.4, 0.5) is 0 Å². The van der Waals surface area contributed by atoms with E-state index >= 15 is 0 Å². The van der Waals surface area contributed by atoms with Crippen molar-refractivity contribution in [1.82, 2.24) is 0 Å². The van der Waals surface area contributed by atoms with Crippen LogP contribution in [0.1, 0.15) is 18.1 Å². The zero-order valence-electron chi connectivity index (χ0n) is 8.68. The first-order valence-corrected chi connectivity index (χ1v) is 4.82. The normalized spacial score (nSPS) is 9.13. The second kappa shape index (κ2) is 5.66. The van der Waals surface area contributed by atoms with Crippen molar-refractivity contribution in [3.05, 3.63) is 77.7 Å². The van der Waals surface area contributed by atoms with Crippen LogP contribution >= 0.6 is 0 Å². The minimum absolute atomic E-state index is 0. The van der Waals surface area contributed by atoms with Gasteiger partial charge in [-0.1, -0.05) is 43.3 Å².